The lowest BCUT2D eigenvalue weighted by molar-refractivity contribution is -0.124. The molecule has 7 heteroatoms. The molecule has 1 heterocycles. The Morgan fingerprint density at radius 3 is 2.48 bits per heavy atom. The Kier molecular flexibility index (Phi) is 6.92. The highest BCUT2D eigenvalue weighted by atomic mass is 32.2. The van der Waals surface area contributed by atoms with Crippen LogP contribution in [0.4, 0.5) is 0 Å². The second-order valence-electron chi connectivity index (χ2n) is 7.33. The molecule has 0 unspecified atom stereocenters. The number of carbonyl (C=O) groups is 1. The predicted octanol–water partition coefficient (Wildman–Crippen LogP) is 2.91. The number of rotatable bonds is 8. The molecule has 1 aliphatic heterocycles. The van der Waals surface area contributed by atoms with Gasteiger partial charge >= 0.3 is 0 Å². The number of amides is 1. The van der Waals surface area contributed by atoms with Gasteiger partial charge in [-0.15, -0.1) is 0 Å². The second kappa shape index (κ2) is 9.41. The highest BCUT2D eigenvalue weighted by molar-refractivity contribution is 7.89. The van der Waals surface area contributed by atoms with Crippen LogP contribution in [-0.2, 0) is 21.2 Å². The smallest absolute Gasteiger partial charge is 0.243 e. The summed E-state index contributed by atoms with van der Waals surface area (Å²) < 4.78 is 32.4. The van der Waals surface area contributed by atoms with Crippen LogP contribution in [0.5, 0.6) is 5.75 Å². The fraction of sp³-hybridized carbons (Fsp3) is 0.409. The van der Waals surface area contributed by atoms with E-state index in [0.29, 0.717) is 25.9 Å². The second-order valence-corrected chi connectivity index (χ2v) is 9.22. The molecule has 3 rings (SSSR count). The van der Waals surface area contributed by atoms with Crippen LogP contribution in [0.2, 0.25) is 0 Å². The van der Waals surface area contributed by atoms with Crippen molar-refractivity contribution in [2.75, 3.05) is 20.2 Å². The summed E-state index contributed by atoms with van der Waals surface area (Å²) in [6, 6.07) is 14.0. The Balaban J connectivity index is 1.54. The summed E-state index contributed by atoms with van der Waals surface area (Å²) in [7, 11) is -2.03. The summed E-state index contributed by atoms with van der Waals surface area (Å²) >= 11 is 0. The molecule has 1 fully saturated rings. The maximum atomic E-state index is 13.0. The third-order valence-corrected chi connectivity index (χ3v) is 7.16. The van der Waals surface area contributed by atoms with E-state index < -0.39 is 16.1 Å². The van der Waals surface area contributed by atoms with E-state index in [4.69, 9.17) is 4.74 Å². The molecule has 29 heavy (non-hydrogen) atoms. The first-order valence-electron chi connectivity index (χ1n) is 9.91. The Labute approximate surface area is 172 Å². The van der Waals surface area contributed by atoms with Crippen LogP contribution in [0, 0.1) is 6.92 Å². The van der Waals surface area contributed by atoms with Crippen molar-refractivity contribution in [3.8, 4) is 5.75 Å². The van der Waals surface area contributed by atoms with Gasteiger partial charge in [0, 0.05) is 13.1 Å². The number of hydrogen-bond acceptors (Lipinski definition) is 4. The van der Waals surface area contributed by atoms with E-state index in [1.54, 1.807) is 31.4 Å². The Morgan fingerprint density at radius 1 is 1.14 bits per heavy atom. The first-order chi connectivity index (χ1) is 13.9. The van der Waals surface area contributed by atoms with Crippen LogP contribution in [0.3, 0.4) is 0 Å². The molecule has 1 saturated heterocycles. The monoisotopic (exact) mass is 416 g/mol. The van der Waals surface area contributed by atoms with Crippen LogP contribution >= 0.6 is 0 Å². The van der Waals surface area contributed by atoms with E-state index >= 15 is 0 Å². The molecule has 0 spiro atoms. The average molecular weight is 417 g/mol. The Bertz CT molecular complexity index is 924. The van der Waals surface area contributed by atoms with E-state index in [9.17, 15) is 13.2 Å². The van der Waals surface area contributed by atoms with Crippen molar-refractivity contribution in [3.05, 3.63) is 59.7 Å². The molecule has 0 saturated carbocycles. The summed E-state index contributed by atoms with van der Waals surface area (Å²) in [5.41, 5.74) is 2.17. The first-order valence-corrected chi connectivity index (χ1v) is 11.3. The zero-order valence-electron chi connectivity index (χ0n) is 16.9. The zero-order valence-corrected chi connectivity index (χ0v) is 17.7. The first kappa shape index (κ1) is 21.3. The Morgan fingerprint density at radius 2 is 1.83 bits per heavy atom. The molecule has 1 atom stereocenters. The molecule has 1 aliphatic rings. The summed E-state index contributed by atoms with van der Waals surface area (Å²) in [5.74, 6) is 0.603. The molecular formula is C22H28N2O4S. The van der Waals surface area contributed by atoms with Gasteiger partial charge in [-0.05, 0) is 62.4 Å². The summed E-state index contributed by atoms with van der Waals surface area (Å²) in [4.78, 5) is 12.9. The van der Waals surface area contributed by atoms with Gasteiger partial charge in [-0.2, -0.15) is 4.31 Å². The number of sulfonamides is 1. The maximum Gasteiger partial charge on any atom is 0.243 e. The van der Waals surface area contributed by atoms with E-state index in [1.807, 2.05) is 31.2 Å². The van der Waals surface area contributed by atoms with Crippen molar-refractivity contribution in [1.29, 1.82) is 0 Å². The van der Waals surface area contributed by atoms with Crippen molar-refractivity contribution < 1.29 is 17.9 Å². The topological polar surface area (TPSA) is 75.7 Å². The summed E-state index contributed by atoms with van der Waals surface area (Å²) in [6.45, 7) is 2.80. The van der Waals surface area contributed by atoms with Gasteiger partial charge < -0.3 is 10.1 Å². The lowest BCUT2D eigenvalue weighted by Gasteiger charge is -2.23. The number of nitrogens with one attached hydrogen (secondary N) is 1. The molecule has 1 amide bonds. The van der Waals surface area contributed by atoms with Crippen molar-refractivity contribution in [2.45, 2.75) is 43.5 Å². The molecule has 2 aromatic rings. The molecule has 6 nitrogen and oxygen atoms in total. The predicted molar refractivity (Wildman–Crippen MR) is 112 cm³/mol. The van der Waals surface area contributed by atoms with Gasteiger partial charge in [0.25, 0.3) is 0 Å². The number of nitrogens with zero attached hydrogens (tertiary/aromatic N) is 1. The number of methoxy groups -OCH3 is 1. The molecule has 1 N–H and O–H groups in total. The van der Waals surface area contributed by atoms with Gasteiger partial charge in [0.2, 0.25) is 15.9 Å². The van der Waals surface area contributed by atoms with Gasteiger partial charge in [0.15, 0.2) is 0 Å². The molecule has 0 radical (unpaired) electrons. The fourth-order valence-electron chi connectivity index (χ4n) is 3.55. The third kappa shape index (κ3) is 5.16. The van der Waals surface area contributed by atoms with E-state index in [2.05, 4.69) is 5.32 Å². The van der Waals surface area contributed by atoms with Gasteiger partial charge in [-0.3, -0.25) is 4.79 Å². The van der Waals surface area contributed by atoms with E-state index in [1.165, 1.54) is 9.87 Å². The molecule has 0 aliphatic carbocycles. The minimum atomic E-state index is -3.67. The fourth-order valence-corrected chi connectivity index (χ4v) is 5.21. The molecule has 156 valence electrons. The average Bonchev–Trinajstić information content (AvgIpc) is 3.23. The Hall–Kier alpha value is -2.38. The lowest BCUT2D eigenvalue weighted by Crippen LogP contribution is -2.46. The maximum absolute atomic E-state index is 13.0. The lowest BCUT2D eigenvalue weighted by atomic mass is 10.1. The largest absolute Gasteiger partial charge is 0.497 e. The SMILES string of the molecule is COc1ccc(CCCNC(=O)[C@@H]2CCCN2S(=O)(=O)c2ccc(C)cc2)cc1. The van der Waals surface area contributed by atoms with Crippen LogP contribution in [0.1, 0.15) is 30.4 Å². The van der Waals surface area contributed by atoms with Crippen molar-refractivity contribution in [3.63, 3.8) is 0 Å². The number of hydrogen-bond donors (Lipinski definition) is 1. The zero-order chi connectivity index (χ0) is 20.9. The van der Waals surface area contributed by atoms with Crippen molar-refractivity contribution in [2.24, 2.45) is 0 Å². The minimum absolute atomic E-state index is 0.215. The van der Waals surface area contributed by atoms with Crippen molar-refractivity contribution >= 4 is 15.9 Å². The number of benzene rings is 2. The van der Waals surface area contributed by atoms with Gasteiger partial charge in [-0.25, -0.2) is 8.42 Å². The molecular weight excluding hydrogens is 388 g/mol. The number of aryl methyl sites for hydroxylation is 2. The van der Waals surface area contributed by atoms with Gasteiger partial charge in [0.05, 0.1) is 12.0 Å². The van der Waals surface area contributed by atoms with Crippen LogP contribution in [0.25, 0.3) is 0 Å². The van der Waals surface area contributed by atoms with Crippen LogP contribution < -0.4 is 10.1 Å². The van der Waals surface area contributed by atoms with Crippen molar-refractivity contribution in [1.82, 2.24) is 9.62 Å². The normalized spacial score (nSPS) is 17.2. The summed E-state index contributed by atoms with van der Waals surface area (Å²) in [5, 5.41) is 2.91. The van der Waals surface area contributed by atoms with Gasteiger partial charge in [0.1, 0.15) is 11.8 Å². The van der Waals surface area contributed by atoms with Crippen LogP contribution in [0.15, 0.2) is 53.4 Å². The molecule has 0 aromatic heterocycles. The molecule has 0 bridgehead atoms. The minimum Gasteiger partial charge on any atom is -0.497 e. The van der Waals surface area contributed by atoms with E-state index in [-0.39, 0.29) is 10.8 Å². The quantitative estimate of drug-likeness (QED) is 0.672. The number of ether oxygens (including phenoxy) is 1. The van der Waals surface area contributed by atoms with E-state index in [0.717, 1.165) is 24.2 Å². The third-order valence-electron chi connectivity index (χ3n) is 5.23. The highest BCUT2D eigenvalue weighted by Crippen LogP contribution is 2.26. The molecule has 2 aromatic carbocycles. The highest BCUT2D eigenvalue weighted by Gasteiger charge is 2.39. The van der Waals surface area contributed by atoms with Gasteiger partial charge in [-0.1, -0.05) is 29.8 Å². The van der Waals surface area contributed by atoms with Crippen LogP contribution in [-0.4, -0.2) is 44.9 Å². The number of carbonyl (C=O) groups excluding carboxylic acids is 1. The summed E-state index contributed by atoms with van der Waals surface area (Å²) in [6.07, 6.45) is 2.86. The standard InChI is InChI=1S/C22H28N2O4S/c1-17-7-13-20(14-8-17)29(26,27)24-16-4-6-21(24)22(25)23-15-3-5-18-9-11-19(28-2)12-10-18/h7-14,21H,3-6,15-16H2,1-2H3,(H,23,25)/t21-/m0/s1.